The summed E-state index contributed by atoms with van der Waals surface area (Å²) in [5.74, 6) is 0.977. The molecule has 0 aromatic heterocycles. The van der Waals surface area contributed by atoms with Crippen LogP contribution in [0.25, 0.3) is 0 Å². The van der Waals surface area contributed by atoms with Gasteiger partial charge in [0.25, 0.3) is 0 Å². The number of aryl methyl sites for hydroxylation is 1. The molecule has 2 heteroatoms. The van der Waals surface area contributed by atoms with Gasteiger partial charge in [-0.05, 0) is 97.3 Å². The van der Waals surface area contributed by atoms with E-state index in [9.17, 15) is 0 Å². The normalized spacial score (nSPS) is 27.3. The van der Waals surface area contributed by atoms with Crippen LogP contribution in [0.4, 0.5) is 5.69 Å². The zero-order chi connectivity index (χ0) is 22.1. The molecule has 3 aromatic rings. The minimum atomic E-state index is 0.434. The first-order valence-corrected chi connectivity index (χ1v) is 13.0. The number of fused-ring (bicyclic) bond motifs is 1. The highest BCUT2D eigenvalue weighted by Gasteiger charge is 2.38. The van der Waals surface area contributed by atoms with Crippen LogP contribution >= 0.6 is 0 Å². The van der Waals surface area contributed by atoms with Crippen LogP contribution in [0.2, 0.25) is 0 Å². The Morgan fingerprint density at radius 3 is 2.45 bits per heavy atom. The molecular weight excluding hydrogens is 400 g/mol. The van der Waals surface area contributed by atoms with Crippen LogP contribution in [-0.4, -0.2) is 26.2 Å². The lowest BCUT2D eigenvalue weighted by Gasteiger charge is -2.35. The van der Waals surface area contributed by atoms with Gasteiger partial charge in [0.2, 0.25) is 0 Å². The lowest BCUT2D eigenvalue weighted by atomic mass is 9.69. The number of hydrogen-bond acceptors (Lipinski definition) is 2. The van der Waals surface area contributed by atoms with Crippen molar-refractivity contribution >= 4 is 5.69 Å². The van der Waals surface area contributed by atoms with E-state index in [0.29, 0.717) is 17.3 Å². The summed E-state index contributed by atoms with van der Waals surface area (Å²) < 4.78 is 0. The van der Waals surface area contributed by atoms with Crippen molar-refractivity contribution in [2.45, 2.75) is 50.4 Å². The monoisotopic (exact) mass is 436 g/mol. The predicted molar refractivity (Wildman–Crippen MR) is 138 cm³/mol. The molecule has 0 radical (unpaired) electrons. The van der Waals surface area contributed by atoms with E-state index in [1.54, 1.807) is 0 Å². The van der Waals surface area contributed by atoms with Crippen molar-refractivity contribution in [3.8, 4) is 0 Å². The Labute approximate surface area is 199 Å². The quantitative estimate of drug-likeness (QED) is 0.503. The lowest BCUT2D eigenvalue weighted by Crippen LogP contribution is -2.28. The molecule has 2 nitrogen and oxygen atoms in total. The average Bonchev–Trinajstić information content (AvgIpc) is 3.16. The van der Waals surface area contributed by atoms with E-state index in [-0.39, 0.29) is 0 Å². The van der Waals surface area contributed by atoms with Crippen molar-refractivity contribution in [3.63, 3.8) is 0 Å². The molecule has 2 aliphatic heterocycles. The largest absolute Gasteiger partial charge is 0.371 e. The summed E-state index contributed by atoms with van der Waals surface area (Å²) in [5.41, 5.74) is 7.94. The van der Waals surface area contributed by atoms with Gasteiger partial charge < -0.3 is 10.2 Å². The number of nitrogens with one attached hydrogen (secondary N) is 1. The Kier molecular flexibility index (Phi) is 5.72. The number of hydrogen-bond donors (Lipinski definition) is 1. The second-order valence-corrected chi connectivity index (χ2v) is 10.6. The smallest absolute Gasteiger partial charge is 0.0366 e. The van der Waals surface area contributed by atoms with Gasteiger partial charge in [-0.15, -0.1) is 0 Å². The highest BCUT2D eigenvalue weighted by atomic mass is 15.2. The second-order valence-electron chi connectivity index (χ2n) is 10.6. The highest BCUT2D eigenvalue weighted by Crippen LogP contribution is 2.47. The minimum Gasteiger partial charge on any atom is -0.371 e. The van der Waals surface area contributed by atoms with Gasteiger partial charge in [0.05, 0.1) is 0 Å². The molecule has 2 saturated heterocycles. The van der Waals surface area contributed by atoms with E-state index in [0.717, 1.165) is 0 Å². The summed E-state index contributed by atoms with van der Waals surface area (Å²) in [6, 6.07) is 30.0. The van der Waals surface area contributed by atoms with Crippen molar-refractivity contribution in [3.05, 3.63) is 101 Å². The molecule has 0 bridgehead atoms. The van der Waals surface area contributed by atoms with E-state index in [4.69, 9.17) is 0 Å². The Morgan fingerprint density at radius 1 is 0.758 bits per heavy atom. The van der Waals surface area contributed by atoms with E-state index in [2.05, 4.69) is 89.1 Å². The molecule has 0 saturated carbocycles. The second kappa shape index (κ2) is 8.99. The Bertz CT molecular complexity index is 1060. The van der Waals surface area contributed by atoms with Crippen LogP contribution in [-0.2, 0) is 6.42 Å². The maximum atomic E-state index is 3.60. The van der Waals surface area contributed by atoms with Gasteiger partial charge in [-0.1, -0.05) is 66.7 Å². The van der Waals surface area contributed by atoms with Gasteiger partial charge in [-0.3, -0.25) is 0 Å². The van der Waals surface area contributed by atoms with E-state index >= 15 is 0 Å². The molecule has 0 amide bonds. The molecule has 2 heterocycles. The van der Waals surface area contributed by atoms with Crippen molar-refractivity contribution in [2.24, 2.45) is 5.41 Å². The molecule has 3 aliphatic rings. The molecule has 1 spiro atoms. The first-order valence-electron chi connectivity index (χ1n) is 13.0. The van der Waals surface area contributed by atoms with Gasteiger partial charge in [0.15, 0.2) is 0 Å². The third-order valence-electron chi connectivity index (χ3n) is 8.69. The number of benzene rings is 3. The number of rotatable bonds is 3. The van der Waals surface area contributed by atoms with E-state index in [1.165, 1.54) is 92.6 Å². The van der Waals surface area contributed by atoms with Crippen molar-refractivity contribution in [1.29, 1.82) is 0 Å². The summed E-state index contributed by atoms with van der Waals surface area (Å²) in [4.78, 5) is 2.65. The average molecular weight is 437 g/mol. The maximum absolute atomic E-state index is 3.60. The fraction of sp³-hybridized carbons (Fsp3) is 0.419. The van der Waals surface area contributed by atoms with Crippen molar-refractivity contribution in [2.75, 3.05) is 31.1 Å². The Balaban J connectivity index is 1.29. The topological polar surface area (TPSA) is 15.3 Å². The number of nitrogens with zero attached hydrogens (tertiary/aromatic N) is 1. The third kappa shape index (κ3) is 4.10. The van der Waals surface area contributed by atoms with Gasteiger partial charge in [0, 0.05) is 24.7 Å². The summed E-state index contributed by atoms with van der Waals surface area (Å²) in [5, 5.41) is 3.60. The van der Waals surface area contributed by atoms with Crippen LogP contribution in [0, 0.1) is 5.41 Å². The molecule has 33 heavy (non-hydrogen) atoms. The third-order valence-corrected chi connectivity index (χ3v) is 8.69. The molecule has 6 rings (SSSR count). The summed E-state index contributed by atoms with van der Waals surface area (Å²) in [6.07, 6.45) is 7.79. The Morgan fingerprint density at radius 2 is 1.58 bits per heavy atom. The van der Waals surface area contributed by atoms with Gasteiger partial charge in [-0.25, -0.2) is 0 Å². The fourth-order valence-electron chi connectivity index (χ4n) is 6.88. The minimum absolute atomic E-state index is 0.434. The summed E-state index contributed by atoms with van der Waals surface area (Å²) >= 11 is 0. The van der Waals surface area contributed by atoms with Crippen LogP contribution in [0.1, 0.15) is 66.2 Å². The molecular formula is C31H36N2. The molecule has 1 N–H and O–H groups in total. The zero-order valence-electron chi connectivity index (χ0n) is 19.7. The summed E-state index contributed by atoms with van der Waals surface area (Å²) in [7, 11) is 0. The van der Waals surface area contributed by atoms with Crippen LogP contribution in [0.3, 0.4) is 0 Å². The lowest BCUT2D eigenvalue weighted by molar-refractivity contribution is 0.289. The van der Waals surface area contributed by atoms with Gasteiger partial charge in [-0.2, -0.15) is 0 Å². The van der Waals surface area contributed by atoms with Gasteiger partial charge in [0.1, 0.15) is 0 Å². The molecule has 3 unspecified atom stereocenters. The predicted octanol–water partition coefficient (Wildman–Crippen LogP) is 6.52. The van der Waals surface area contributed by atoms with Crippen LogP contribution < -0.4 is 10.2 Å². The molecule has 2 fully saturated rings. The molecule has 1 aliphatic carbocycles. The highest BCUT2D eigenvalue weighted by molar-refractivity contribution is 5.52. The van der Waals surface area contributed by atoms with Crippen molar-refractivity contribution in [1.82, 2.24) is 5.32 Å². The van der Waals surface area contributed by atoms with E-state index in [1.807, 2.05) is 0 Å². The first kappa shape index (κ1) is 21.0. The van der Waals surface area contributed by atoms with Crippen LogP contribution in [0.15, 0.2) is 78.9 Å². The summed E-state index contributed by atoms with van der Waals surface area (Å²) in [6.45, 7) is 4.82. The Hall–Kier alpha value is -2.58. The number of anilines is 1. The zero-order valence-corrected chi connectivity index (χ0v) is 19.7. The van der Waals surface area contributed by atoms with Crippen molar-refractivity contribution < 1.29 is 0 Å². The maximum Gasteiger partial charge on any atom is 0.0366 e. The SMILES string of the molecule is c1ccc(C2CCc3ccccc3C2c2ccc(N3CCC4(CCCNCC4)C3)cc2)cc1. The molecule has 3 aromatic carbocycles. The fourth-order valence-corrected chi connectivity index (χ4v) is 6.88. The van der Waals surface area contributed by atoms with Crippen LogP contribution in [0.5, 0.6) is 0 Å². The standard InChI is InChI=1S/C31H36N2/c1-2-7-24(8-3-1)29-16-13-25-9-4-5-10-28(25)30(29)26-11-14-27(15-12-26)33-22-19-31(23-33)17-6-20-32-21-18-31/h1-5,7-12,14-15,29-30,32H,6,13,16-23H2. The van der Waals surface area contributed by atoms with Gasteiger partial charge >= 0.3 is 0 Å². The molecule has 170 valence electrons. The molecule has 3 atom stereocenters. The first-order chi connectivity index (χ1) is 16.3. The van der Waals surface area contributed by atoms with E-state index < -0.39 is 0 Å².